The van der Waals surface area contributed by atoms with Crippen LogP contribution in [0, 0.1) is 0 Å². The summed E-state index contributed by atoms with van der Waals surface area (Å²) in [5.74, 6) is 0.0402. The second kappa shape index (κ2) is 4.79. The lowest BCUT2D eigenvalue weighted by atomic mass is 10.2. The molecule has 0 atom stereocenters. The van der Waals surface area contributed by atoms with Gasteiger partial charge in [-0.05, 0) is 23.8 Å². The minimum Gasteiger partial charge on any atom is -0.508 e. The third-order valence-electron chi connectivity index (χ3n) is 2.61. The molecule has 1 aliphatic rings. The molecule has 1 N–H and O–H groups in total. The number of rotatable bonds is 1. The van der Waals surface area contributed by atoms with E-state index in [2.05, 4.69) is 0 Å². The summed E-state index contributed by atoms with van der Waals surface area (Å²) in [5.41, 5.74) is 0.891. The zero-order chi connectivity index (χ0) is 12.4. The van der Waals surface area contributed by atoms with Gasteiger partial charge < -0.3 is 10.0 Å². The fourth-order valence-electron chi connectivity index (χ4n) is 1.78. The predicted octanol–water partition coefficient (Wildman–Crippen LogP) is 1.42. The highest BCUT2D eigenvalue weighted by molar-refractivity contribution is 7.99. The van der Waals surface area contributed by atoms with Crippen LogP contribution in [-0.4, -0.2) is 34.0 Å². The van der Waals surface area contributed by atoms with Crippen LogP contribution in [0.4, 0.5) is 0 Å². The summed E-state index contributed by atoms with van der Waals surface area (Å²) in [5, 5.41) is 9.43. The quantitative estimate of drug-likeness (QED) is 0.767. The van der Waals surface area contributed by atoms with Crippen LogP contribution in [0.1, 0.15) is 12.5 Å². The SMILES string of the molecule is CC(=O)C(=O)N1CCSc2ccc(O)cc2C1. The molecule has 0 radical (unpaired) electrons. The summed E-state index contributed by atoms with van der Waals surface area (Å²) in [6.45, 7) is 2.22. The van der Waals surface area contributed by atoms with Crippen LogP contribution < -0.4 is 0 Å². The van der Waals surface area contributed by atoms with Gasteiger partial charge in [0, 0.05) is 30.7 Å². The number of thioether (sulfide) groups is 1. The van der Waals surface area contributed by atoms with Crippen molar-refractivity contribution in [2.75, 3.05) is 12.3 Å². The molecule has 0 saturated heterocycles. The van der Waals surface area contributed by atoms with Crippen molar-refractivity contribution in [3.05, 3.63) is 23.8 Å². The maximum Gasteiger partial charge on any atom is 0.289 e. The number of aromatic hydroxyl groups is 1. The Hall–Kier alpha value is -1.49. The molecule has 1 aromatic carbocycles. The third-order valence-corrected chi connectivity index (χ3v) is 3.71. The number of carbonyl (C=O) groups excluding carboxylic acids is 2. The zero-order valence-electron chi connectivity index (χ0n) is 9.47. The summed E-state index contributed by atoms with van der Waals surface area (Å²) < 4.78 is 0. The van der Waals surface area contributed by atoms with Gasteiger partial charge in [0.25, 0.3) is 5.91 Å². The molecule has 0 aromatic heterocycles. The number of nitrogens with zero attached hydrogens (tertiary/aromatic N) is 1. The first-order valence-corrected chi connectivity index (χ1v) is 6.31. The smallest absolute Gasteiger partial charge is 0.289 e. The van der Waals surface area contributed by atoms with Gasteiger partial charge in [0.1, 0.15) is 5.75 Å². The van der Waals surface area contributed by atoms with E-state index in [1.54, 1.807) is 23.9 Å². The average molecular weight is 251 g/mol. The second-order valence-electron chi connectivity index (χ2n) is 3.92. The molecule has 1 aromatic rings. The van der Waals surface area contributed by atoms with E-state index < -0.39 is 11.7 Å². The molecule has 0 aliphatic carbocycles. The lowest BCUT2D eigenvalue weighted by Crippen LogP contribution is -2.35. The highest BCUT2D eigenvalue weighted by atomic mass is 32.2. The largest absolute Gasteiger partial charge is 0.508 e. The normalized spacial score (nSPS) is 15.0. The molecule has 4 nitrogen and oxygen atoms in total. The predicted molar refractivity (Wildman–Crippen MR) is 64.9 cm³/mol. The Labute approximate surface area is 104 Å². The van der Waals surface area contributed by atoms with Crippen LogP contribution in [0.3, 0.4) is 0 Å². The number of amides is 1. The monoisotopic (exact) mass is 251 g/mol. The first-order valence-electron chi connectivity index (χ1n) is 5.32. The van der Waals surface area contributed by atoms with Crippen LogP contribution >= 0.6 is 11.8 Å². The van der Waals surface area contributed by atoms with Crippen LogP contribution in [0.25, 0.3) is 0 Å². The van der Waals surface area contributed by atoms with Gasteiger partial charge in [-0.3, -0.25) is 9.59 Å². The van der Waals surface area contributed by atoms with Gasteiger partial charge in [0.15, 0.2) is 0 Å². The number of carbonyl (C=O) groups is 2. The number of benzene rings is 1. The van der Waals surface area contributed by atoms with Crippen molar-refractivity contribution in [3.63, 3.8) is 0 Å². The van der Waals surface area contributed by atoms with Crippen molar-refractivity contribution in [3.8, 4) is 5.75 Å². The van der Waals surface area contributed by atoms with E-state index in [-0.39, 0.29) is 5.75 Å². The Morgan fingerprint density at radius 3 is 2.88 bits per heavy atom. The molecule has 90 valence electrons. The Morgan fingerprint density at radius 2 is 2.18 bits per heavy atom. The Bertz CT molecular complexity index is 473. The molecule has 1 aliphatic heterocycles. The van der Waals surface area contributed by atoms with E-state index in [0.29, 0.717) is 13.1 Å². The topological polar surface area (TPSA) is 57.6 Å². The molecule has 1 heterocycles. The van der Waals surface area contributed by atoms with Gasteiger partial charge >= 0.3 is 0 Å². The van der Waals surface area contributed by atoms with E-state index >= 15 is 0 Å². The van der Waals surface area contributed by atoms with E-state index in [0.717, 1.165) is 16.2 Å². The molecule has 0 saturated carbocycles. The van der Waals surface area contributed by atoms with Gasteiger partial charge in [-0.25, -0.2) is 0 Å². The highest BCUT2D eigenvalue weighted by Crippen LogP contribution is 2.30. The minimum absolute atomic E-state index is 0.182. The summed E-state index contributed by atoms with van der Waals surface area (Å²) in [6, 6.07) is 5.12. The number of Topliss-reactive ketones (excluding diaryl/α,β-unsaturated/α-hetero) is 1. The second-order valence-corrected chi connectivity index (χ2v) is 5.06. The average Bonchev–Trinajstić information content (AvgIpc) is 2.49. The Kier molecular flexibility index (Phi) is 3.38. The number of ketones is 1. The number of phenols is 1. The van der Waals surface area contributed by atoms with Crippen molar-refractivity contribution < 1.29 is 14.7 Å². The minimum atomic E-state index is -0.457. The first kappa shape index (κ1) is 12.0. The fraction of sp³-hybridized carbons (Fsp3) is 0.333. The van der Waals surface area contributed by atoms with Crippen molar-refractivity contribution in [2.45, 2.75) is 18.4 Å². The molecular weight excluding hydrogens is 238 g/mol. The van der Waals surface area contributed by atoms with Crippen LogP contribution in [0.15, 0.2) is 23.1 Å². The van der Waals surface area contributed by atoms with Crippen molar-refractivity contribution in [2.24, 2.45) is 0 Å². The molecule has 17 heavy (non-hydrogen) atoms. The molecule has 0 bridgehead atoms. The van der Waals surface area contributed by atoms with Crippen molar-refractivity contribution in [1.29, 1.82) is 0 Å². The fourth-order valence-corrected chi connectivity index (χ4v) is 2.78. The van der Waals surface area contributed by atoms with Gasteiger partial charge in [0.05, 0.1) is 0 Å². The molecule has 2 rings (SSSR count). The zero-order valence-corrected chi connectivity index (χ0v) is 10.3. The maximum atomic E-state index is 11.7. The van der Waals surface area contributed by atoms with Crippen LogP contribution in [-0.2, 0) is 16.1 Å². The maximum absolute atomic E-state index is 11.7. The number of hydrogen-bond donors (Lipinski definition) is 1. The molecule has 0 spiro atoms. The van der Waals surface area contributed by atoms with E-state index in [9.17, 15) is 14.7 Å². The Morgan fingerprint density at radius 1 is 1.41 bits per heavy atom. The standard InChI is InChI=1S/C12H13NO3S/c1-8(14)12(16)13-4-5-17-11-3-2-10(15)6-9(11)7-13/h2-3,6,15H,4-5,7H2,1H3. The summed E-state index contributed by atoms with van der Waals surface area (Å²) in [4.78, 5) is 25.3. The van der Waals surface area contributed by atoms with Crippen LogP contribution in [0.5, 0.6) is 5.75 Å². The number of phenolic OH excluding ortho intramolecular Hbond substituents is 1. The van der Waals surface area contributed by atoms with Gasteiger partial charge in [0.2, 0.25) is 5.78 Å². The number of hydrogen-bond acceptors (Lipinski definition) is 4. The van der Waals surface area contributed by atoms with Gasteiger partial charge in [-0.15, -0.1) is 11.8 Å². The molecule has 1 amide bonds. The van der Waals surface area contributed by atoms with Gasteiger partial charge in [-0.1, -0.05) is 0 Å². The summed E-state index contributed by atoms with van der Waals surface area (Å²) in [7, 11) is 0. The Balaban J connectivity index is 2.27. The van der Waals surface area contributed by atoms with E-state index in [1.807, 2.05) is 6.07 Å². The molecule has 5 heteroatoms. The number of fused-ring (bicyclic) bond motifs is 1. The molecule has 0 fully saturated rings. The van der Waals surface area contributed by atoms with E-state index in [4.69, 9.17) is 0 Å². The lowest BCUT2D eigenvalue weighted by Gasteiger charge is -2.18. The summed E-state index contributed by atoms with van der Waals surface area (Å²) in [6.07, 6.45) is 0. The highest BCUT2D eigenvalue weighted by Gasteiger charge is 2.22. The lowest BCUT2D eigenvalue weighted by molar-refractivity contribution is -0.143. The van der Waals surface area contributed by atoms with Crippen molar-refractivity contribution in [1.82, 2.24) is 4.90 Å². The third kappa shape index (κ3) is 2.61. The van der Waals surface area contributed by atoms with E-state index in [1.165, 1.54) is 11.8 Å². The first-order chi connectivity index (χ1) is 8.08. The van der Waals surface area contributed by atoms with Crippen molar-refractivity contribution >= 4 is 23.5 Å². The van der Waals surface area contributed by atoms with Gasteiger partial charge in [-0.2, -0.15) is 0 Å². The van der Waals surface area contributed by atoms with Crippen LogP contribution in [0.2, 0.25) is 0 Å². The summed E-state index contributed by atoms with van der Waals surface area (Å²) >= 11 is 1.63. The molecular formula is C12H13NO3S. The molecule has 0 unspecified atom stereocenters.